The maximum Gasteiger partial charge on any atom is 0.159 e. The van der Waals surface area contributed by atoms with Crippen LogP contribution in [0.25, 0.3) is 0 Å². The molecule has 2 aromatic carbocycles. The van der Waals surface area contributed by atoms with Gasteiger partial charge in [-0.1, -0.05) is 49.6 Å². The molecule has 1 aliphatic rings. The molecule has 0 aliphatic heterocycles. The SMILES string of the molecule is CC(=O)c1cccc(OCc2ccccc2OCC2CCCCC2)c1. The van der Waals surface area contributed by atoms with Crippen molar-refractivity contribution in [1.29, 1.82) is 0 Å². The van der Waals surface area contributed by atoms with E-state index in [9.17, 15) is 4.79 Å². The Morgan fingerprint density at radius 2 is 1.80 bits per heavy atom. The number of hydrogen-bond acceptors (Lipinski definition) is 3. The zero-order chi connectivity index (χ0) is 17.5. The predicted molar refractivity (Wildman–Crippen MR) is 99.3 cm³/mol. The minimum absolute atomic E-state index is 0.0432. The Labute approximate surface area is 150 Å². The number of para-hydroxylation sites is 1. The topological polar surface area (TPSA) is 35.5 Å². The minimum atomic E-state index is 0.0432. The second-order valence-electron chi connectivity index (χ2n) is 6.80. The Bertz CT molecular complexity index is 702. The van der Waals surface area contributed by atoms with Crippen molar-refractivity contribution in [1.82, 2.24) is 0 Å². The summed E-state index contributed by atoms with van der Waals surface area (Å²) in [5.74, 6) is 2.32. The summed E-state index contributed by atoms with van der Waals surface area (Å²) >= 11 is 0. The summed E-state index contributed by atoms with van der Waals surface area (Å²) in [5.41, 5.74) is 1.70. The smallest absolute Gasteiger partial charge is 0.159 e. The summed E-state index contributed by atoms with van der Waals surface area (Å²) < 4.78 is 12.0. The van der Waals surface area contributed by atoms with Gasteiger partial charge in [-0.2, -0.15) is 0 Å². The van der Waals surface area contributed by atoms with Crippen LogP contribution in [0.15, 0.2) is 48.5 Å². The number of hydrogen-bond donors (Lipinski definition) is 0. The standard InChI is InChI=1S/C22H26O3/c1-17(23)19-11-7-12-21(14-19)24-16-20-10-5-6-13-22(20)25-15-18-8-3-2-4-9-18/h5-7,10-14,18H,2-4,8-9,15-16H2,1H3. The number of Topliss-reactive ketones (excluding diaryl/α,β-unsaturated/α-hetero) is 1. The first-order valence-electron chi connectivity index (χ1n) is 9.17. The van der Waals surface area contributed by atoms with E-state index < -0.39 is 0 Å². The van der Waals surface area contributed by atoms with Crippen molar-refractivity contribution in [2.75, 3.05) is 6.61 Å². The van der Waals surface area contributed by atoms with Gasteiger partial charge in [0.25, 0.3) is 0 Å². The van der Waals surface area contributed by atoms with E-state index in [4.69, 9.17) is 9.47 Å². The molecule has 1 aliphatic carbocycles. The lowest BCUT2D eigenvalue weighted by Crippen LogP contribution is -2.16. The molecular formula is C22H26O3. The van der Waals surface area contributed by atoms with Crippen LogP contribution in [0.2, 0.25) is 0 Å². The third-order valence-corrected chi connectivity index (χ3v) is 4.81. The highest BCUT2D eigenvalue weighted by Crippen LogP contribution is 2.26. The molecule has 3 rings (SSSR count). The highest BCUT2D eigenvalue weighted by molar-refractivity contribution is 5.94. The lowest BCUT2D eigenvalue weighted by molar-refractivity contribution is 0.101. The maximum absolute atomic E-state index is 11.5. The number of carbonyl (C=O) groups is 1. The lowest BCUT2D eigenvalue weighted by atomic mass is 9.90. The van der Waals surface area contributed by atoms with Crippen molar-refractivity contribution < 1.29 is 14.3 Å². The van der Waals surface area contributed by atoms with Gasteiger partial charge in [0.2, 0.25) is 0 Å². The molecule has 0 radical (unpaired) electrons. The fourth-order valence-electron chi connectivity index (χ4n) is 3.29. The van der Waals surface area contributed by atoms with Gasteiger partial charge in [0.1, 0.15) is 18.1 Å². The Hall–Kier alpha value is -2.29. The first-order valence-corrected chi connectivity index (χ1v) is 9.17. The van der Waals surface area contributed by atoms with Crippen LogP contribution in [0.5, 0.6) is 11.5 Å². The number of ether oxygens (including phenoxy) is 2. The summed E-state index contributed by atoms with van der Waals surface area (Å²) in [6.45, 7) is 2.78. The maximum atomic E-state index is 11.5. The normalized spacial score (nSPS) is 14.9. The molecule has 1 fully saturated rings. The van der Waals surface area contributed by atoms with E-state index in [1.807, 2.05) is 36.4 Å². The summed E-state index contributed by atoms with van der Waals surface area (Å²) in [7, 11) is 0. The first kappa shape index (κ1) is 17.5. The Kier molecular flexibility index (Phi) is 6.10. The minimum Gasteiger partial charge on any atom is -0.493 e. The number of rotatable bonds is 7. The molecule has 0 heterocycles. The zero-order valence-electron chi connectivity index (χ0n) is 14.9. The zero-order valence-corrected chi connectivity index (χ0v) is 14.9. The van der Waals surface area contributed by atoms with Gasteiger partial charge in [0.15, 0.2) is 5.78 Å². The van der Waals surface area contributed by atoms with Crippen LogP contribution in [0.1, 0.15) is 54.9 Å². The molecule has 0 spiro atoms. The van der Waals surface area contributed by atoms with Gasteiger partial charge in [0, 0.05) is 11.1 Å². The number of ketones is 1. The molecule has 3 heteroatoms. The fourth-order valence-corrected chi connectivity index (χ4v) is 3.29. The number of carbonyl (C=O) groups excluding carboxylic acids is 1. The van der Waals surface area contributed by atoms with Crippen molar-refractivity contribution in [3.63, 3.8) is 0 Å². The van der Waals surface area contributed by atoms with Crippen LogP contribution in [-0.4, -0.2) is 12.4 Å². The van der Waals surface area contributed by atoms with Crippen molar-refractivity contribution >= 4 is 5.78 Å². The molecule has 1 saturated carbocycles. The van der Waals surface area contributed by atoms with Gasteiger partial charge in [-0.15, -0.1) is 0 Å². The van der Waals surface area contributed by atoms with Crippen LogP contribution < -0.4 is 9.47 Å². The van der Waals surface area contributed by atoms with Crippen molar-refractivity contribution in [2.24, 2.45) is 5.92 Å². The van der Waals surface area contributed by atoms with E-state index in [1.165, 1.54) is 32.1 Å². The average Bonchev–Trinajstić information content (AvgIpc) is 2.66. The third kappa shape index (κ3) is 5.09. The van der Waals surface area contributed by atoms with Crippen LogP contribution in [0, 0.1) is 5.92 Å². The van der Waals surface area contributed by atoms with Gasteiger partial charge in [0.05, 0.1) is 6.61 Å². The monoisotopic (exact) mass is 338 g/mol. The van der Waals surface area contributed by atoms with Gasteiger partial charge >= 0.3 is 0 Å². The third-order valence-electron chi connectivity index (χ3n) is 4.81. The number of benzene rings is 2. The van der Waals surface area contributed by atoms with E-state index >= 15 is 0 Å². The second-order valence-corrected chi connectivity index (χ2v) is 6.80. The van der Waals surface area contributed by atoms with Crippen molar-refractivity contribution in [2.45, 2.75) is 45.6 Å². The van der Waals surface area contributed by atoms with Gasteiger partial charge < -0.3 is 9.47 Å². The van der Waals surface area contributed by atoms with Crippen LogP contribution in [-0.2, 0) is 6.61 Å². The van der Waals surface area contributed by atoms with Crippen LogP contribution >= 0.6 is 0 Å². The van der Waals surface area contributed by atoms with E-state index in [0.29, 0.717) is 23.8 Å². The molecule has 0 N–H and O–H groups in total. The molecule has 0 saturated heterocycles. The molecule has 3 nitrogen and oxygen atoms in total. The van der Waals surface area contributed by atoms with Gasteiger partial charge in [-0.25, -0.2) is 0 Å². The summed E-state index contributed by atoms with van der Waals surface area (Å²) in [6.07, 6.45) is 6.56. The molecule has 132 valence electrons. The second kappa shape index (κ2) is 8.70. The molecule has 0 unspecified atom stereocenters. The first-order chi connectivity index (χ1) is 12.2. The van der Waals surface area contributed by atoms with Gasteiger partial charge in [-0.05, 0) is 43.9 Å². The van der Waals surface area contributed by atoms with Crippen molar-refractivity contribution in [3.05, 3.63) is 59.7 Å². The van der Waals surface area contributed by atoms with E-state index in [0.717, 1.165) is 17.9 Å². The average molecular weight is 338 g/mol. The van der Waals surface area contributed by atoms with E-state index in [2.05, 4.69) is 0 Å². The Balaban J connectivity index is 1.60. The molecule has 0 aromatic heterocycles. The Morgan fingerprint density at radius 3 is 2.60 bits per heavy atom. The molecule has 25 heavy (non-hydrogen) atoms. The molecular weight excluding hydrogens is 312 g/mol. The summed E-state index contributed by atoms with van der Waals surface area (Å²) in [6, 6.07) is 15.3. The largest absolute Gasteiger partial charge is 0.493 e. The summed E-state index contributed by atoms with van der Waals surface area (Å²) in [5, 5.41) is 0. The Morgan fingerprint density at radius 1 is 1.00 bits per heavy atom. The molecule has 0 amide bonds. The van der Waals surface area contributed by atoms with Crippen molar-refractivity contribution in [3.8, 4) is 11.5 Å². The molecule has 0 atom stereocenters. The van der Waals surface area contributed by atoms with Gasteiger partial charge in [-0.3, -0.25) is 4.79 Å². The predicted octanol–water partition coefficient (Wildman–Crippen LogP) is 5.43. The van der Waals surface area contributed by atoms with Crippen LogP contribution in [0.3, 0.4) is 0 Å². The van der Waals surface area contributed by atoms with Crippen LogP contribution in [0.4, 0.5) is 0 Å². The quantitative estimate of drug-likeness (QED) is 0.632. The van der Waals surface area contributed by atoms with E-state index in [1.54, 1.807) is 19.1 Å². The molecule has 2 aromatic rings. The fraction of sp³-hybridized carbons (Fsp3) is 0.409. The highest BCUT2D eigenvalue weighted by Gasteiger charge is 2.15. The highest BCUT2D eigenvalue weighted by atomic mass is 16.5. The van der Waals surface area contributed by atoms with E-state index in [-0.39, 0.29) is 5.78 Å². The molecule has 0 bridgehead atoms. The summed E-state index contributed by atoms with van der Waals surface area (Å²) in [4.78, 5) is 11.5. The lowest BCUT2D eigenvalue weighted by Gasteiger charge is -2.22.